The molecular formula is C17H19ClN2OS. The van der Waals surface area contributed by atoms with Crippen LogP contribution in [0.5, 0.6) is 0 Å². The average molecular weight is 335 g/mol. The Labute approximate surface area is 139 Å². The van der Waals surface area contributed by atoms with Gasteiger partial charge in [-0.15, -0.1) is 11.3 Å². The van der Waals surface area contributed by atoms with E-state index in [1.165, 1.54) is 17.5 Å². The molecule has 22 heavy (non-hydrogen) atoms. The normalized spacial score (nSPS) is 13.4. The Kier molecular flexibility index (Phi) is 4.81. The van der Waals surface area contributed by atoms with E-state index < -0.39 is 0 Å². The maximum atomic E-state index is 12.1. The van der Waals surface area contributed by atoms with E-state index in [-0.39, 0.29) is 5.91 Å². The molecule has 1 heterocycles. The first kappa shape index (κ1) is 15.5. The number of amides is 1. The van der Waals surface area contributed by atoms with Gasteiger partial charge in [-0.1, -0.05) is 17.7 Å². The van der Waals surface area contributed by atoms with Crippen LogP contribution in [-0.2, 0) is 24.2 Å². The summed E-state index contributed by atoms with van der Waals surface area (Å²) in [6.45, 7) is 1.10. The van der Waals surface area contributed by atoms with E-state index in [0.717, 1.165) is 34.3 Å². The second-order valence-corrected chi connectivity index (χ2v) is 7.56. The second kappa shape index (κ2) is 6.82. The van der Waals surface area contributed by atoms with Gasteiger partial charge in [0.15, 0.2) is 0 Å². The first-order chi connectivity index (χ1) is 10.6. The summed E-state index contributed by atoms with van der Waals surface area (Å²) >= 11 is 7.48. The first-order valence-electron chi connectivity index (χ1n) is 7.44. The number of benzene rings is 1. The third-order valence-corrected chi connectivity index (χ3v) is 5.07. The first-order valence-corrected chi connectivity index (χ1v) is 8.64. The number of rotatable bonds is 5. The molecule has 2 aromatic rings. The summed E-state index contributed by atoms with van der Waals surface area (Å²) in [4.78, 5) is 15.3. The van der Waals surface area contributed by atoms with Gasteiger partial charge in [-0.2, -0.15) is 0 Å². The van der Waals surface area contributed by atoms with Crippen LogP contribution < -0.4 is 5.32 Å². The molecule has 0 atom stereocenters. The molecule has 116 valence electrons. The Morgan fingerprint density at radius 3 is 2.86 bits per heavy atom. The van der Waals surface area contributed by atoms with Gasteiger partial charge >= 0.3 is 0 Å². The van der Waals surface area contributed by atoms with E-state index >= 15 is 0 Å². The number of nitrogens with zero attached hydrogens (tertiary/aromatic N) is 1. The Morgan fingerprint density at radius 2 is 2.09 bits per heavy atom. The molecule has 0 saturated heterocycles. The Balaban J connectivity index is 1.53. The van der Waals surface area contributed by atoms with E-state index in [9.17, 15) is 4.79 Å². The van der Waals surface area contributed by atoms with Crippen LogP contribution in [0.25, 0.3) is 0 Å². The van der Waals surface area contributed by atoms with Crippen molar-refractivity contribution in [3.8, 4) is 0 Å². The van der Waals surface area contributed by atoms with Crippen molar-refractivity contribution in [1.82, 2.24) is 4.90 Å². The quantitative estimate of drug-likeness (QED) is 0.897. The molecule has 1 amide bonds. The van der Waals surface area contributed by atoms with Crippen LogP contribution in [-0.4, -0.2) is 24.4 Å². The summed E-state index contributed by atoms with van der Waals surface area (Å²) < 4.78 is 0.783. The molecule has 3 rings (SSSR count). The topological polar surface area (TPSA) is 32.3 Å². The van der Waals surface area contributed by atoms with Crippen molar-refractivity contribution in [1.29, 1.82) is 0 Å². The molecule has 0 unspecified atom stereocenters. The molecule has 1 aliphatic carbocycles. The molecule has 5 heteroatoms. The van der Waals surface area contributed by atoms with Crippen LogP contribution in [0.15, 0.2) is 30.3 Å². The third kappa shape index (κ3) is 3.88. The predicted octanol–water partition coefficient (Wildman–Crippen LogP) is 3.96. The van der Waals surface area contributed by atoms with E-state index in [1.807, 2.05) is 30.1 Å². The lowest BCUT2D eigenvalue weighted by Crippen LogP contribution is -2.29. The highest BCUT2D eigenvalue weighted by Crippen LogP contribution is 2.25. The fourth-order valence-corrected chi connectivity index (χ4v) is 4.02. The van der Waals surface area contributed by atoms with Gasteiger partial charge in [-0.05, 0) is 61.7 Å². The molecule has 0 fully saturated rings. The van der Waals surface area contributed by atoms with Gasteiger partial charge in [0.2, 0.25) is 5.91 Å². The molecule has 0 radical (unpaired) electrons. The number of halogens is 1. The molecule has 3 nitrogen and oxygen atoms in total. The Morgan fingerprint density at radius 1 is 1.27 bits per heavy atom. The van der Waals surface area contributed by atoms with Gasteiger partial charge < -0.3 is 5.32 Å². The zero-order chi connectivity index (χ0) is 15.5. The van der Waals surface area contributed by atoms with Crippen LogP contribution in [0, 0.1) is 0 Å². The van der Waals surface area contributed by atoms with Crippen molar-refractivity contribution in [2.75, 3.05) is 18.9 Å². The van der Waals surface area contributed by atoms with E-state index in [0.29, 0.717) is 6.54 Å². The van der Waals surface area contributed by atoms with Gasteiger partial charge in [-0.25, -0.2) is 0 Å². The molecule has 0 spiro atoms. The number of thiophene rings is 1. The predicted molar refractivity (Wildman–Crippen MR) is 92.8 cm³/mol. The highest BCUT2D eigenvalue weighted by atomic mass is 35.5. The molecule has 1 aromatic heterocycles. The van der Waals surface area contributed by atoms with Crippen molar-refractivity contribution >= 4 is 34.5 Å². The molecule has 0 bridgehead atoms. The number of anilines is 1. The lowest BCUT2D eigenvalue weighted by molar-refractivity contribution is -0.117. The monoisotopic (exact) mass is 334 g/mol. The molecule has 1 aliphatic rings. The zero-order valence-electron chi connectivity index (χ0n) is 12.6. The van der Waals surface area contributed by atoms with Crippen molar-refractivity contribution in [2.24, 2.45) is 0 Å². The van der Waals surface area contributed by atoms with Crippen LogP contribution in [0.1, 0.15) is 22.4 Å². The fraction of sp³-hybridized carbons (Fsp3) is 0.353. The molecular weight excluding hydrogens is 316 g/mol. The summed E-state index contributed by atoms with van der Waals surface area (Å²) in [6.07, 6.45) is 3.51. The van der Waals surface area contributed by atoms with Crippen LogP contribution in [0.3, 0.4) is 0 Å². The van der Waals surface area contributed by atoms with Crippen LogP contribution in [0.2, 0.25) is 4.34 Å². The standard InChI is InChI=1S/C17H19ClN2OS/c1-20(10-15-7-8-16(18)22-15)11-17(21)19-14-6-5-12-3-2-4-13(12)9-14/h5-9H,2-4,10-11H2,1H3,(H,19,21). The highest BCUT2D eigenvalue weighted by Gasteiger charge is 2.13. The maximum absolute atomic E-state index is 12.1. The number of hydrogen-bond donors (Lipinski definition) is 1. The number of carbonyl (C=O) groups excluding carboxylic acids is 1. The summed E-state index contributed by atoms with van der Waals surface area (Å²) in [6, 6.07) is 10.1. The largest absolute Gasteiger partial charge is 0.325 e. The van der Waals surface area contributed by atoms with Gasteiger partial charge in [0.25, 0.3) is 0 Å². The number of fused-ring (bicyclic) bond motifs is 1. The second-order valence-electron chi connectivity index (χ2n) is 5.76. The zero-order valence-corrected chi connectivity index (χ0v) is 14.1. The summed E-state index contributed by atoms with van der Waals surface area (Å²) in [5, 5.41) is 2.99. The Bertz CT molecular complexity index is 683. The number of carbonyl (C=O) groups is 1. The summed E-state index contributed by atoms with van der Waals surface area (Å²) in [5.41, 5.74) is 3.70. The summed E-state index contributed by atoms with van der Waals surface area (Å²) in [7, 11) is 1.94. The van der Waals surface area contributed by atoms with Gasteiger partial charge in [0, 0.05) is 17.1 Å². The minimum absolute atomic E-state index is 0.0168. The smallest absolute Gasteiger partial charge is 0.238 e. The van der Waals surface area contributed by atoms with E-state index in [4.69, 9.17) is 11.6 Å². The lowest BCUT2D eigenvalue weighted by atomic mass is 10.1. The Hall–Kier alpha value is -1.36. The third-order valence-electron chi connectivity index (χ3n) is 3.85. The molecule has 0 saturated carbocycles. The maximum Gasteiger partial charge on any atom is 0.238 e. The number of aryl methyl sites for hydroxylation is 2. The molecule has 1 aromatic carbocycles. The van der Waals surface area contributed by atoms with Gasteiger partial charge in [0.05, 0.1) is 10.9 Å². The minimum atomic E-state index is 0.0168. The minimum Gasteiger partial charge on any atom is -0.325 e. The SMILES string of the molecule is CN(CC(=O)Nc1ccc2c(c1)CCC2)Cc1ccc(Cl)s1. The fourth-order valence-electron chi connectivity index (χ4n) is 2.85. The van der Waals surface area contributed by atoms with Crippen molar-refractivity contribution in [3.63, 3.8) is 0 Å². The van der Waals surface area contributed by atoms with E-state index in [2.05, 4.69) is 17.4 Å². The summed E-state index contributed by atoms with van der Waals surface area (Å²) in [5.74, 6) is 0.0168. The van der Waals surface area contributed by atoms with Crippen molar-refractivity contribution in [2.45, 2.75) is 25.8 Å². The van der Waals surface area contributed by atoms with Gasteiger partial charge in [0.1, 0.15) is 0 Å². The molecule has 1 N–H and O–H groups in total. The van der Waals surface area contributed by atoms with E-state index in [1.54, 1.807) is 11.3 Å². The van der Waals surface area contributed by atoms with Crippen molar-refractivity contribution in [3.05, 3.63) is 50.7 Å². The van der Waals surface area contributed by atoms with Crippen molar-refractivity contribution < 1.29 is 4.79 Å². The number of likely N-dealkylation sites (N-methyl/N-ethyl adjacent to an activating group) is 1. The lowest BCUT2D eigenvalue weighted by Gasteiger charge is -2.15. The van der Waals surface area contributed by atoms with Crippen LogP contribution in [0.4, 0.5) is 5.69 Å². The van der Waals surface area contributed by atoms with Gasteiger partial charge in [-0.3, -0.25) is 9.69 Å². The number of nitrogens with one attached hydrogen (secondary N) is 1. The van der Waals surface area contributed by atoms with Crippen LogP contribution >= 0.6 is 22.9 Å². The highest BCUT2D eigenvalue weighted by molar-refractivity contribution is 7.16. The molecule has 0 aliphatic heterocycles. The average Bonchev–Trinajstić information content (AvgIpc) is 3.06. The number of hydrogen-bond acceptors (Lipinski definition) is 3.